The second kappa shape index (κ2) is 5.87. The second-order valence-corrected chi connectivity index (χ2v) is 4.53. The lowest BCUT2D eigenvalue weighted by molar-refractivity contribution is 0.0714. The highest BCUT2D eigenvalue weighted by Crippen LogP contribution is 2.16. The maximum absolute atomic E-state index is 9.60. The van der Waals surface area contributed by atoms with Crippen molar-refractivity contribution in [3.05, 3.63) is 29.8 Å². The van der Waals surface area contributed by atoms with Gasteiger partial charge in [0.1, 0.15) is 12.4 Å². The van der Waals surface area contributed by atoms with E-state index in [4.69, 9.17) is 9.84 Å². The Morgan fingerprint density at radius 3 is 2.31 bits per heavy atom. The Balaban J connectivity index is 2.45. The molecular weight excluding hydrogens is 204 g/mol. The van der Waals surface area contributed by atoms with Crippen molar-refractivity contribution in [2.24, 2.45) is 0 Å². The molecule has 1 rings (SSSR count). The summed E-state index contributed by atoms with van der Waals surface area (Å²) >= 11 is 0. The fraction of sp³-hybridized carbons (Fsp3) is 0.538. The van der Waals surface area contributed by atoms with Crippen molar-refractivity contribution in [2.45, 2.75) is 32.3 Å². The summed E-state index contributed by atoms with van der Waals surface area (Å²) in [6, 6.07) is 7.74. The van der Waals surface area contributed by atoms with E-state index in [-0.39, 0.29) is 6.61 Å². The van der Waals surface area contributed by atoms with Gasteiger partial charge >= 0.3 is 0 Å². The van der Waals surface area contributed by atoms with Gasteiger partial charge in [-0.05, 0) is 44.4 Å². The van der Waals surface area contributed by atoms with Gasteiger partial charge in [-0.15, -0.1) is 0 Å². The standard InChI is InChI=1S/C13H20O3/c1-13(2,15)8-7-11-3-5-12(6-4-11)16-10-9-14/h3-6,14-15H,7-10H2,1-2H3. The third kappa shape index (κ3) is 5.14. The van der Waals surface area contributed by atoms with Gasteiger partial charge in [0.2, 0.25) is 0 Å². The van der Waals surface area contributed by atoms with Crippen molar-refractivity contribution in [1.82, 2.24) is 0 Å². The molecule has 0 aliphatic rings. The molecule has 0 saturated heterocycles. The zero-order chi connectivity index (χ0) is 12.0. The summed E-state index contributed by atoms with van der Waals surface area (Å²) in [7, 11) is 0. The molecule has 0 aliphatic heterocycles. The summed E-state index contributed by atoms with van der Waals surface area (Å²) in [5.74, 6) is 0.765. The first kappa shape index (κ1) is 13.0. The number of hydrogen-bond acceptors (Lipinski definition) is 3. The largest absolute Gasteiger partial charge is 0.491 e. The summed E-state index contributed by atoms with van der Waals surface area (Å²) in [5.41, 5.74) is 0.560. The van der Waals surface area contributed by atoms with Crippen LogP contribution in [0.2, 0.25) is 0 Å². The van der Waals surface area contributed by atoms with Crippen molar-refractivity contribution in [3.8, 4) is 5.75 Å². The summed E-state index contributed by atoms with van der Waals surface area (Å²) in [6.07, 6.45) is 1.59. The van der Waals surface area contributed by atoms with E-state index in [0.717, 1.165) is 18.6 Å². The molecular formula is C13H20O3. The molecule has 0 saturated carbocycles. The first-order valence-corrected chi connectivity index (χ1v) is 5.56. The van der Waals surface area contributed by atoms with Crippen LogP contribution >= 0.6 is 0 Å². The molecule has 0 atom stereocenters. The normalized spacial score (nSPS) is 11.5. The molecule has 1 aromatic rings. The Labute approximate surface area is 96.7 Å². The Morgan fingerprint density at radius 2 is 1.81 bits per heavy atom. The predicted molar refractivity (Wildman–Crippen MR) is 63.6 cm³/mol. The van der Waals surface area contributed by atoms with Gasteiger partial charge < -0.3 is 14.9 Å². The molecule has 0 bridgehead atoms. The lowest BCUT2D eigenvalue weighted by atomic mass is 9.99. The van der Waals surface area contributed by atoms with E-state index in [0.29, 0.717) is 6.61 Å². The lowest BCUT2D eigenvalue weighted by Crippen LogP contribution is -2.19. The number of aryl methyl sites for hydroxylation is 1. The van der Waals surface area contributed by atoms with Gasteiger partial charge in [0.05, 0.1) is 12.2 Å². The third-order valence-electron chi connectivity index (χ3n) is 2.31. The monoisotopic (exact) mass is 224 g/mol. The number of aliphatic hydroxyl groups is 2. The SMILES string of the molecule is CC(C)(O)CCc1ccc(OCCO)cc1. The number of ether oxygens (including phenoxy) is 1. The quantitative estimate of drug-likeness (QED) is 0.774. The molecule has 0 spiro atoms. The number of aliphatic hydroxyl groups excluding tert-OH is 1. The zero-order valence-corrected chi connectivity index (χ0v) is 9.94. The second-order valence-electron chi connectivity index (χ2n) is 4.53. The van der Waals surface area contributed by atoms with Crippen LogP contribution in [0.5, 0.6) is 5.75 Å². The minimum absolute atomic E-state index is 0.0282. The molecule has 3 nitrogen and oxygen atoms in total. The molecule has 0 fully saturated rings. The molecule has 3 heteroatoms. The number of benzene rings is 1. The van der Waals surface area contributed by atoms with Crippen LogP contribution in [0.1, 0.15) is 25.8 Å². The topological polar surface area (TPSA) is 49.7 Å². The minimum Gasteiger partial charge on any atom is -0.491 e. The van der Waals surface area contributed by atoms with Crippen molar-refractivity contribution >= 4 is 0 Å². The lowest BCUT2D eigenvalue weighted by Gasteiger charge is -2.16. The maximum Gasteiger partial charge on any atom is 0.119 e. The fourth-order valence-electron chi connectivity index (χ4n) is 1.37. The number of hydrogen-bond donors (Lipinski definition) is 2. The van der Waals surface area contributed by atoms with E-state index in [1.165, 1.54) is 5.56 Å². The molecule has 16 heavy (non-hydrogen) atoms. The zero-order valence-electron chi connectivity index (χ0n) is 9.94. The highest BCUT2D eigenvalue weighted by atomic mass is 16.5. The van der Waals surface area contributed by atoms with Crippen LogP contribution in [0, 0.1) is 0 Å². The van der Waals surface area contributed by atoms with Crippen molar-refractivity contribution in [2.75, 3.05) is 13.2 Å². The molecule has 0 heterocycles. The van der Waals surface area contributed by atoms with Gasteiger partial charge in [0.15, 0.2) is 0 Å². The summed E-state index contributed by atoms with van der Waals surface area (Å²) in [6.45, 7) is 3.97. The highest BCUT2D eigenvalue weighted by molar-refractivity contribution is 5.27. The first-order chi connectivity index (χ1) is 7.51. The van der Waals surface area contributed by atoms with Gasteiger partial charge in [-0.25, -0.2) is 0 Å². The van der Waals surface area contributed by atoms with Crippen LogP contribution in [0.25, 0.3) is 0 Å². The average Bonchev–Trinajstić information content (AvgIpc) is 2.24. The first-order valence-electron chi connectivity index (χ1n) is 5.56. The summed E-state index contributed by atoms with van der Waals surface area (Å²) in [4.78, 5) is 0. The van der Waals surface area contributed by atoms with Gasteiger partial charge in [-0.3, -0.25) is 0 Å². The van der Waals surface area contributed by atoms with Gasteiger partial charge in [-0.2, -0.15) is 0 Å². The summed E-state index contributed by atoms with van der Waals surface area (Å²) < 4.78 is 5.26. The van der Waals surface area contributed by atoms with Crippen LogP contribution in [-0.2, 0) is 6.42 Å². The molecule has 1 aromatic carbocycles. The fourth-order valence-corrected chi connectivity index (χ4v) is 1.37. The van der Waals surface area contributed by atoms with Crippen molar-refractivity contribution < 1.29 is 14.9 Å². The van der Waals surface area contributed by atoms with Crippen LogP contribution in [0.3, 0.4) is 0 Å². The van der Waals surface area contributed by atoms with Gasteiger partial charge in [0.25, 0.3) is 0 Å². The van der Waals surface area contributed by atoms with Crippen molar-refractivity contribution in [1.29, 1.82) is 0 Å². The van der Waals surface area contributed by atoms with E-state index in [2.05, 4.69) is 0 Å². The van der Waals surface area contributed by atoms with E-state index in [9.17, 15) is 5.11 Å². The molecule has 90 valence electrons. The molecule has 0 aliphatic carbocycles. The Bertz CT molecular complexity index is 298. The molecule has 0 amide bonds. The molecule has 0 unspecified atom stereocenters. The van der Waals surface area contributed by atoms with Gasteiger partial charge in [0, 0.05) is 0 Å². The van der Waals surface area contributed by atoms with Crippen LogP contribution < -0.4 is 4.74 Å². The maximum atomic E-state index is 9.60. The Kier molecular flexibility index (Phi) is 4.77. The van der Waals surface area contributed by atoms with Gasteiger partial charge in [-0.1, -0.05) is 12.1 Å². The smallest absolute Gasteiger partial charge is 0.119 e. The average molecular weight is 224 g/mol. The van der Waals surface area contributed by atoms with Crippen LogP contribution in [0.4, 0.5) is 0 Å². The van der Waals surface area contributed by atoms with E-state index < -0.39 is 5.60 Å². The molecule has 0 radical (unpaired) electrons. The van der Waals surface area contributed by atoms with E-state index >= 15 is 0 Å². The Morgan fingerprint density at radius 1 is 1.19 bits per heavy atom. The van der Waals surface area contributed by atoms with Crippen LogP contribution in [-0.4, -0.2) is 29.0 Å². The minimum atomic E-state index is -0.619. The highest BCUT2D eigenvalue weighted by Gasteiger charge is 2.11. The van der Waals surface area contributed by atoms with Crippen molar-refractivity contribution in [3.63, 3.8) is 0 Å². The summed E-state index contributed by atoms with van der Waals surface area (Å²) in [5, 5.41) is 18.2. The molecule has 2 N–H and O–H groups in total. The number of rotatable bonds is 6. The molecule has 0 aromatic heterocycles. The van der Waals surface area contributed by atoms with E-state index in [1.54, 1.807) is 0 Å². The Hall–Kier alpha value is -1.06. The van der Waals surface area contributed by atoms with E-state index in [1.807, 2.05) is 38.1 Å². The third-order valence-corrected chi connectivity index (χ3v) is 2.31. The van der Waals surface area contributed by atoms with Crippen LogP contribution in [0.15, 0.2) is 24.3 Å². The predicted octanol–water partition coefficient (Wildman–Crippen LogP) is 1.76.